The minimum Gasteiger partial charge on any atom is -0.478 e. The maximum Gasteiger partial charge on any atom is 0.341 e. The molecule has 100 valence electrons. The standard InChI is InChI=1S/C12H19N3O3/c1-15-5-3-2-4-9(15)6-13-8-11-10(12(16)17)7-14-18-11/h7,9,13H,2-6,8H2,1H3,(H,16,17). The van der Waals surface area contributed by atoms with Gasteiger partial charge in [0.15, 0.2) is 5.76 Å². The van der Waals surface area contributed by atoms with Gasteiger partial charge in [0.25, 0.3) is 0 Å². The van der Waals surface area contributed by atoms with Gasteiger partial charge in [0, 0.05) is 12.6 Å². The second-order valence-electron chi connectivity index (χ2n) is 4.73. The molecule has 0 saturated carbocycles. The Balaban J connectivity index is 1.81. The van der Waals surface area contributed by atoms with E-state index in [0.29, 0.717) is 18.3 Å². The van der Waals surface area contributed by atoms with Gasteiger partial charge in [-0.05, 0) is 26.4 Å². The van der Waals surface area contributed by atoms with Gasteiger partial charge >= 0.3 is 5.97 Å². The first kappa shape index (κ1) is 13.0. The Hall–Kier alpha value is -1.40. The van der Waals surface area contributed by atoms with E-state index in [-0.39, 0.29) is 5.56 Å². The second-order valence-corrected chi connectivity index (χ2v) is 4.73. The molecule has 2 heterocycles. The number of nitrogens with zero attached hydrogens (tertiary/aromatic N) is 2. The fraction of sp³-hybridized carbons (Fsp3) is 0.667. The van der Waals surface area contributed by atoms with Crippen LogP contribution in [0.1, 0.15) is 35.4 Å². The molecule has 1 aromatic rings. The Morgan fingerprint density at radius 2 is 2.50 bits per heavy atom. The van der Waals surface area contributed by atoms with Crippen LogP contribution < -0.4 is 5.32 Å². The van der Waals surface area contributed by atoms with Crippen molar-refractivity contribution in [2.75, 3.05) is 20.1 Å². The lowest BCUT2D eigenvalue weighted by Crippen LogP contribution is -2.42. The molecule has 0 bridgehead atoms. The highest BCUT2D eigenvalue weighted by molar-refractivity contribution is 5.88. The van der Waals surface area contributed by atoms with Crippen molar-refractivity contribution in [3.05, 3.63) is 17.5 Å². The van der Waals surface area contributed by atoms with Crippen molar-refractivity contribution < 1.29 is 14.4 Å². The summed E-state index contributed by atoms with van der Waals surface area (Å²) in [7, 11) is 2.13. The molecular weight excluding hydrogens is 234 g/mol. The highest BCUT2D eigenvalue weighted by Gasteiger charge is 2.19. The van der Waals surface area contributed by atoms with Crippen LogP contribution in [-0.2, 0) is 6.54 Å². The Morgan fingerprint density at radius 1 is 1.67 bits per heavy atom. The summed E-state index contributed by atoms with van der Waals surface area (Å²) in [6, 6.07) is 0.523. The van der Waals surface area contributed by atoms with Gasteiger partial charge in [-0.1, -0.05) is 11.6 Å². The van der Waals surface area contributed by atoms with Crippen LogP contribution in [0.4, 0.5) is 0 Å². The highest BCUT2D eigenvalue weighted by Crippen LogP contribution is 2.14. The number of aromatic carboxylic acids is 1. The SMILES string of the molecule is CN1CCCCC1CNCc1oncc1C(=O)O. The van der Waals surface area contributed by atoms with Crippen LogP contribution in [0.2, 0.25) is 0 Å². The lowest BCUT2D eigenvalue weighted by molar-refractivity contribution is 0.0694. The number of rotatable bonds is 5. The number of carboxylic acids is 1. The summed E-state index contributed by atoms with van der Waals surface area (Å²) in [4.78, 5) is 13.2. The van der Waals surface area contributed by atoms with E-state index in [9.17, 15) is 4.79 Å². The molecule has 1 fully saturated rings. The van der Waals surface area contributed by atoms with Crippen molar-refractivity contribution in [3.63, 3.8) is 0 Å². The summed E-state index contributed by atoms with van der Waals surface area (Å²) in [5.41, 5.74) is 0.138. The van der Waals surface area contributed by atoms with Crippen LogP contribution in [-0.4, -0.2) is 47.3 Å². The number of hydrogen-bond donors (Lipinski definition) is 2. The minimum atomic E-state index is -0.997. The van der Waals surface area contributed by atoms with Crippen LogP contribution in [0.3, 0.4) is 0 Å². The molecule has 1 aliphatic heterocycles. The van der Waals surface area contributed by atoms with Gasteiger partial charge in [0.05, 0.1) is 12.7 Å². The molecule has 1 aliphatic rings. The number of carboxylic acid groups (broad SMARTS) is 1. The van der Waals surface area contributed by atoms with Crippen molar-refractivity contribution in [1.29, 1.82) is 0 Å². The van der Waals surface area contributed by atoms with E-state index in [2.05, 4.69) is 22.4 Å². The summed E-state index contributed by atoms with van der Waals surface area (Å²) in [6.45, 7) is 2.39. The monoisotopic (exact) mass is 253 g/mol. The van der Waals surface area contributed by atoms with E-state index >= 15 is 0 Å². The largest absolute Gasteiger partial charge is 0.478 e. The Bertz CT molecular complexity index is 405. The van der Waals surface area contributed by atoms with Crippen LogP contribution in [0.5, 0.6) is 0 Å². The fourth-order valence-electron chi connectivity index (χ4n) is 2.32. The van der Waals surface area contributed by atoms with Crippen LogP contribution >= 0.6 is 0 Å². The van der Waals surface area contributed by atoms with Crippen LogP contribution in [0.15, 0.2) is 10.7 Å². The second kappa shape index (κ2) is 5.97. The summed E-state index contributed by atoms with van der Waals surface area (Å²) < 4.78 is 4.94. The Morgan fingerprint density at radius 3 is 3.22 bits per heavy atom. The molecule has 2 N–H and O–H groups in total. The fourth-order valence-corrected chi connectivity index (χ4v) is 2.32. The Kier molecular flexibility index (Phi) is 4.33. The van der Waals surface area contributed by atoms with Crippen LogP contribution in [0.25, 0.3) is 0 Å². The zero-order valence-corrected chi connectivity index (χ0v) is 10.6. The minimum absolute atomic E-state index is 0.138. The highest BCUT2D eigenvalue weighted by atomic mass is 16.5. The zero-order chi connectivity index (χ0) is 13.0. The normalized spacial score (nSPS) is 21.1. The number of aromatic nitrogens is 1. The molecule has 1 atom stereocenters. The van der Waals surface area contributed by atoms with E-state index in [0.717, 1.165) is 13.1 Å². The maximum absolute atomic E-state index is 10.9. The van der Waals surface area contributed by atoms with E-state index < -0.39 is 5.97 Å². The van der Waals surface area contributed by atoms with Crippen molar-refractivity contribution in [3.8, 4) is 0 Å². The first-order chi connectivity index (χ1) is 8.68. The number of hydrogen-bond acceptors (Lipinski definition) is 5. The zero-order valence-electron chi connectivity index (χ0n) is 10.6. The first-order valence-corrected chi connectivity index (χ1v) is 6.26. The predicted molar refractivity (Wildman–Crippen MR) is 65.4 cm³/mol. The van der Waals surface area contributed by atoms with Gasteiger partial charge in [0.1, 0.15) is 5.56 Å². The maximum atomic E-state index is 10.9. The molecule has 6 heteroatoms. The third kappa shape index (κ3) is 3.08. The van der Waals surface area contributed by atoms with Crippen LogP contribution in [0, 0.1) is 0 Å². The topological polar surface area (TPSA) is 78.6 Å². The predicted octanol–water partition coefficient (Wildman–Crippen LogP) is 0.947. The van der Waals surface area contributed by atoms with Gasteiger partial charge < -0.3 is 19.8 Å². The number of carbonyl (C=O) groups is 1. The quantitative estimate of drug-likeness (QED) is 0.813. The number of likely N-dealkylation sites (tertiary alicyclic amines) is 1. The number of nitrogens with one attached hydrogen (secondary N) is 1. The molecule has 0 spiro atoms. The van der Waals surface area contributed by atoms with Gasteiger partial charge in [-0.15, -0.1) is 0 Å². The van der Waals surface area contributed by atoms with E-state index in [4.69, 9.17) is 9.63 Å². The van der Waals surface area contributed by atoms with Gasteiger partial charge in [-0.3, -0.25) is 0 Å². The number of piperidine rings is 1. The Labute approximate surface area is 106 Å². The van der Waals surface area contributed by atoms with Gasteiger partial charge in [0.2, 0.25) is 0 Å². The average Bonchev–Trinajstić information content (AvgIpc) is 2.80. The number of likely N-dealkylation sites (N-methyl/N-ethyl adjacent to an activating group) is 1. The smallest absolute Gasteiger partial charge is 0.341 e. The van der Waals surface area contributed by atoms with Gasteiger partial charge in [-0.2, -0.15) is 0 Å². The van der Waals surface area contributed by atoms with Crippen molar-refractivity contribution in [2.45, 2.75) is 31.8 Å². The molecule has 0 aliphatic carbocycles. The molecular formula is C12H19N3O3. The molecule has 6 nitrogen and oxygen atoms in total. The third-order valence-corrected chi connectivity index (χ3v) is 3.46. The first-order valence-electron chi connectivity index (χ1n) is 6.26. The summed E-state index contributed by atoms with van der Waals surface area (Å²) in [5, 5.41) is 15.7. The molecule has 1 aromatic heterocycles. The molecule has 2 rings (SSSR count). The summed E-state index contributed by atoms with van der Waals surface area (Å²) in [5.74, 6) is -0.608. The summed E-state index contributed by atoms with van der Waals surface area (Å²) in [6.07, 6.45) is 4.95. The molecule has 1 saturated heterocycles. The van der Waals surface area contributed by atoms with Gasteiger partial charge in [-0.25, -0.2) is 4.79 Å². The van der Waals surface area contributed by atoms with Crippen molar-refractivity contribution in [1.82, 2.24) is 15.4 Å². The van der Waals surface area contributed by atoms with Crippen molar-refractivity contribution in [2.24, 2.45) is 0 Å². The van der Waals surface area contributed by atoms with E-state index in [1.807, 2.05) is 0 Å². The lowest BCUT2D eigenvalue weighted by Gasteiger charge is -2.32. The average molecular weight is 253 g/mol. The molecule has 18 heavy (non-hydrogen) atoms. The van der Waals surface area contributed by atoms with E-state index in [1.165, 1.54) is 25.5 Å². The molecule has 1 unspecified atom stereocenters. The molecule has 0 aromatic carbocycles. The third-order valence-electron chi connectivity index (χ3n) is 3.46. The summed E-state index contributed by atoms with van der Waals surface area (Å²) >= 11 is 0. The lowest BCUT2D eigenvalue weighted by atomic mass is 10.0. The molecule has 0 radical (unpaired) electrons. The van der Waals surface area contributed by atoms with E-state index in [1.54, 1.807) is 0 Å². The molecule has 0 amide bonds. The van der Waals surface area contributed by atoms with Crippen molar-refractivity contribution >= 4 is 5.97 Å².